The molecule has 1 nitrogen and oxygen atoms in total. The molecule has 100 valence electrons. The van der Waals surface area contributed by atoms with Crippen molar-refractivity contribution in [3.05, 3.63) is 69.5 Å². The predicted molar refractivity (Wildman–Crippen MR) is 68.5 cm³/mol. The molecule has 0 aliphatic rings. The van der Waals surface area contributed by atoms with E-state index in [1.807, 2.05) is 0 Å². The summed E-state index contributed by atoms with van der Waals surface area (Å²) in [5.41, 5.74) is 5.92. The Morgan fingerprint density at radius 3 is 2.47 bits per heavy atom. The fourth-order valence-electron chi connectivity index (χ4n) is 1.87. The van der Waals surface area contributed by atoms with Gasteiger partial charge in [-0.05, 0) is 42.3 Å². The Labute approximate surface area is 113 Å². The van der Waals surface area contributed by atoms with Crippen LogP contribution in [-0.4, -0.2) is 0 Å². The van der Waals surface area contributed by atoms with Crippen molar-refractivity contribution < 1.29 is 13.2 Å². The molecule has 0 aromatic heterocycles. The van der Waals surface area contributed by atoms with Gasteiger partial charge in [0.05, 0.1) is 6.04 Å². The summed E-state index contributed by atoms with van der Waals surface area (Å²) in [5.74, 6) is -2.09. The highest BCUT2D eigenvalue weighted by Gasteiger charge is 2.22. The molecule has 19 heavy (non-hydrogen) atoms. The van der Waals surface area contributed by atoms with Crippen LogP contribution in [0.1, 0.15) is 22.7 Å². The molecule has 0 heterocycles. The first kappa shape index (κ1) is 13.9. The molecule has 0 saturated carbocycles. The van der Waals surface area contributed by atoms with Crippen LogP contribution >= 0.6 is 11.6 Å². The fraction of sp³-hybridized carbons (Fsp3) is 0.143. The summed E-state index contributed by atoms with van der Waals surface area (Å²) < 4.78 is 40.9. The third-order valence-corrected chi connectivity index (χ3v) is 3.27. The van der Waals surface area contributed by atoms with Crippen LogP contribution in [0.5, 0.6) is 0 Å². The van der Waals surface area contributed by atoms with Gasteiger partial charge in [0.25, 0.3) is 0 Å². The molecule has 0 aliphatic carbocycles. The first-order valence-corrected chi connectivity index (χ1v) is 5.94. The summed E-state index contributed by atoms with van der Waals surface area (Å²) in [5, 5.41) is 0.161. The van der Waals surface area contributed by atoms with Gasteiger partial charge in [-0.1, -0.05) is 17.7 Å². The molecule has 1 unspecified atom stereocenters. The Bertz CT molecular complexity index is 628. The van der Waals surface area contributed by atoms with Gasteiger partial charge in [0, 0.05) is 10.6 Å². The molecule has 0 fully saturated rings. The Morgan fingerprint density at radius 1 is 1.11 bits per heavy atom. The highest BCUT2D eigenvalue weighted by molar-refractivity contribution is 6.31. The summed E-state index contributed by atoms with van der Waals surface area (Å²) in [6.07, 6.45) is 0. The molecule has 2 aromatic rings. The van der Waals surface area contributed by atoms with Crippen molar-refractivity contribution in [2.24, 2.45) is 5.73 Å². The summed E-state index contributed by atoms with van der Waals surface area (Å²) >= 11 is 5.89. The van der Waals surface area contributed by atoms with Gasteiger partial charge in [-0.15, -0.1) is 0 Å². The number of aryl methyl sites for hydroxylation is 1. The van der Waals surface area contributed by atoms with Crippen molar-refractivity contribution >= 4 is 11.6 Å². The van der Waals surface area contributed by atoms with Crippen molar-refractivity contribution in [2.75, 3.05) is 0 Å². The Hall–Kier alpha value is -1.52. The summed E-state index contributed by atoms with van der Waals surface area (Å²) in [7, 11) is 0. The molecule has 5 heteroatoms. The Morgan fingerprint density at radius 2 is 1.79 bits per heavy atom. The molecule has 2 N–H and O–H groups in total. The molecule has 0 amide bonds. The van der Waals surface area contributed by atoms with Crippen LogP contribution in [0.15, 0.2) is 30.3 Å². The lowest BCUT2D eigenvalue weighted by molar-refractivity contribution is 0.537. The lowest BCUT2D eigenvalue weighted by Crippen LogP contribution is -2.17. The maximum atomic E-state index is 14.0. The molecule has 0 aliphatic heterocycles. The zero-order valence-corrected chi connectivity index (χ0v) is 10.8. The number of benzene rings is 2. The van der Waals surface area contributed by atoms with E-state index in [0.717, 1.165) is 18.2 Å². The van der Waals surface area contributed by atoms with Crippen molar-refractivity contribution in [1.29, 1.82) is 0 Å². The van der Waals surface area contributed by atoms with E-state index in [2.05, 4.69) is 0 Å². The van der Waals surface area contributed by atoms with E-state index in [1.54, 1.807) is 0 Å². The molecule has 0 saturated heterocycles. The quantitative estimate of drug-likeness (QED) is 0.883. The van der Waals surface area contributed by atoms with E-state index in [-0.39, 0.29) is 21.7 Å². The van der Waals surface area contributed by atoms with E-state index < -0.39 is 23.5 Å². The number of nitrogens with two attached hydrogens (primary N) is 1. The van der Waals surface area contributed by atoms with E-state index in [4.69, 9.17) is 17.3 Å². The van der Waals surface area contributed by atoms with Crippen molar-refractivity contribution in [3.8, 4) is 0 Å². The van der Waals surface area contributed by atoms with Gasteiger partial charge in [-0.25, -0.2) is 13.2 Å². The lowest BCUT2D eigenvalue weighted by atomic mass is 9.96. The molecule has 2 aromatic carbocycles. The maximum absolute atomic E-state index is 14.0. The molecular formula is C14H11ClF3N. The van der Waals surface area contributed by atoms with Crippen LogP contribution in [0.2, 0.25) is 5.02 Å². The second-order valence-electron chi connectivity index (χ2n) is 4.24. The van der Waals surface area contributed by atoms with Crippen molar-refractivity contribution in [2.45, 2.75) is 13.0 Å². The fourth-order valence-corrected chi connectivity index (χ4v) is 2.11. The zero-order chi connectivity index (χ0) is 14.2. The van der Waals surface area contributed by atoms with Gasteiger partial charge >= 0.3 is 0 Å². The van der Waals surface area contributed by atoms with E-state index in [0.29, 0.717) is 0 Å². The molecule has 2 rings (SSSR count). The third-order valence-electron chi connectivity index (χ3n) is 2.92. The second-order valence-corrected chi connectivity index (χ2v) is 4.64. The monoisotopic (exact) mass is 285 g/mol. The Kier molecular flexibility index (Phi) is 3.83. The molecule has 0 spiro atoms. The van der Waals surface area contributed by atoms with Crippen LogP contribution in [-0.2, 0) is 0 Å². The normalized spacial score (nSPS) is 12.5. The molecule has 0 bridgehead atoms. The summed E-state index contributed by atoms with van der Waals surface area (Å²) in [6, 6.07) is 4.81. The highest BCUT2D eigenvalue weighted by atomic mass is 35.5. The van der Waals surface area contributed by atoms with Gasteiger partial charge in [0.2, 0.25) is 0 Å². The largest absolute Gasteiger partial charge is 0.320 e. The summed E-state index contributed by atoms with van der Waals surface area (Å²) in [6.45, 7) is 1.50. The van der Waals surface area contributed by atoms with Crippen molar-refractivity contribution in [3.63, 3.8) is 0 Å². The minimum atomic E-state index is -1.16. The average molecular weight is 286 g/mol. The maximum Gasteiger partial charge on any atom is 0.134 e. The smallest absolute Gasteiger partial charge is 0.134 e. The van der Waals surface area contributed by atoms with Crippen molar-refractivity contribution in [1.82, 2.24) is 0 Å². The standard InChI is InChI=1S/C14H11ClF3N/c1-7-2-5-11(17)12(13(7)18)14(19)9-6-8(16)3-4-10(9)15/h2-6,14H,19H2,1H3. The van der Waals surface area contributed by atoms with Gasteiger partial charge in [-0.3, -0.25) is 0 Å². The van der Waals surface area contributed by atoms with Gasteiger partial charge in [-0.2, -0.15) is 0 Å². The van der Waals surface area contributed by atoms with E-state index in [9.17, 15) is 13.2 Å². The third kappa shape index (κ3) is 2.60. The first-order valence-electron chi connectivity index (χ1n) is 5.57. The van der Waals surface area contributed by atoms with Gasteiger partial charge in [0.1, 0.15) is 17.5 Å². The van der Waals surface area contributed by atoms with Crippen LogP contribution in [0.3, 0.4) is 0 Å². The topological polar surface area (TPSA) is 26.0 Å². The number of hydrogen-bond acceptors (Lipinski definition) is 1. The number of rotatable bonds is 2. The van der Waals surface area contributed by atoms with Gasteiger partial charge in [0.15, 0.2) is 0 Å². The van der Waals surface area contributed by atoms with Crippen LogP contribution < -0.4 is 5.73 Å². The zero-order valence-electron chi connectivity index (χ0n) is 10.1. The highest BCUT2D eigenvalue weighted by Crippen LogP contribution is 2.31. The predicted octanol–water partition coefficient (Wildman–Crippen LogP) is 4.11. The number of hydrogen-bond donors (Lipinski definition) is 1. The van der Waals surface area contributed by atoms with E-state index in [1.165, 1.54) is 19.1 Å². The lowest BCUT2D eigenvalue weighted by Gasteiger charge is -2.17. The minimum absolute atomic E-state index is 0.144. The molecule has 1 atom stereocenters. The van der Waals surface area contributed by atoms with Crippen LogP contribution in [0.4, 0.5) is 13.2 Å². The van der Waals surface area contributed by atoms with Gasteiger partial charge < -0.3 is 5.73 Å². The average Bonchev–Trinajstić information content (AvgIpc) is 2.37. The molecular weight excluding hydrogens is 275 g/mol. The second kappa shape index (κ2) is 5.23. The Balaban J connectivity index is 2.59. The van der Waals surface area contributed by atoms with Crippen LogP contribution in [0, 0.1) is 24.4 Å². The van der Waals surface area contributed by atoms with Crippen LogP contribution in [0.25, 0.3) is 0 Å². The summed E-state index contributed by atoms with van der Waals surface area (Å²) in [4.78, 5) is 0. The van der Waals surface area contributed by atoms with E-state index >= 15 is 0 Å². The SMILES string of the molecule is Cc1ccc(F)c(C(N)c2cc(F)ccc2Cl)c1F. The molecule has 0 radical (unpaired) electrons. The number of halogens is 4. The first-order chi connectivity index (χ1) is 8.91. The minimum Gasteiger partial charge on any atom is -0.320 e.